The van der Waals surface area contributed by atoms with E-state index in [1.807, 2.05) is 19.0 Å². The van der Waals surface area contributed by atoms with E-state index in [1.54, 1.807) is 0 Å². The fourth-order valence-corrected chi connectivity index (χ4v) is 2.44. The van der Waals surface area contributed by atoms with Crippen molar-refractivity contribution in [3.05, 3.63) is 47.4 Å². The van der Waals surface area contributed by atoms with Gasteiger partial charge in [-0.3, -0.25) is 9.59 Å². The highest BCUT2D eigenvalue weighted by Crippen LogP contribution is 2.33. The Hall–Kier alpha value is -3.27. The van der Waals surface area contributed by atoms with Crippen LogP contribution < -0.4 is 16.8 Å². The van der Waals surface area contributed by atoms with Crippen molar-refractivity contribution in [2.75, 3.05) is 27.2 Å². The summed E-state index contributed by atoms with van der Waals surface area (Å²) in [6.07, 6.45) is -1.75. The topological polar surface area (TPSA) is 127 Å². The first-order valence-corrected chi connectivity index (χ1v) is 8.27. The summed E-state index contributed by atoms with van der Waals surface area (Å²) < 4.78 is 31.2. The van der Waals surface area contributed by atoms with E-state index in [4.69, 9.17) is 15.9 Å². The molecule has 0 spiro atoms. The molecule has 0 saturated heterocycles. The third-order valence-corrected chi connectivity index (χ3v) is 3.72. The monoisotopic (exact) mass is 393 g/mol. The molecule has 5 N–H and O–H groups in total. The second-order valence-corrected chi connectivity index (χ2v) is 6.20. The minimum absolute atomic E-state index is 0.0231. The number of alkyl halides is 2. The van der Waals surface area contributed by atoms with E-state index in [0.717, 1.165) is 6.26 Å². The van der Waals surface area contributed by atoms with Crippen LogP contribution in [0.25, 0.3) is 11.1 Å². The van der Waals surface area contributed by atoms with Crippen LogP contribution in [-0.2, 0) is 0 Å². The first kappa shape index (κ1) is 21.0. The van der Waals surface area contributed by atoms with Gasteiger partial charge in [-0.1, -0.05) is 0 Å². The van der Waals surface area contributed by atoms with E-state index < -0.39 is 30.0 Å². The Kier molecular flexibility index (Phi) is 6.83. The summed E-state index contributed by atoms with van der Waals surface area (Å²) in [7, 11) is 3.70. The molecule has 1 aromatic carbocycles. The summed E-state index contributed by atoms with van der Waals surface area (Å²) in [6, 6.07) is 5.35. The molecule has 28 heavy (non-hydrogen) atoms. The van der Waals surface area contributed by atoms with Gasteiger partial charge < -0.3 is 26.1 Å². The predicted molar refractivity (Wildman–Crippen MR) is 100 cm³/mol. The minimum Gasteiger partial charge on any atom is -0.463 e. The van der Waals surface area contributed by atoms with Crippen molar-refractivity contribution in [1.82, 2.24) is 10.2 Å². The number of aliphatic imine (C=N–C) groups is 1. The number of hydrogen-bond donors (Lipinski definition) is 3. The second-order valence-electron chi connectivity index (χ2n) is 6.20. The molecule has 150 valence electrons. The molecule has 0 aliphatic rings. The van der Waals surface area contributed by atoms with E-state index in [9.17, 15) is 18.4 Å². The Morgan fingerprint density at radius 2 is 1.89 bits per heavy atom. The van der Waals surface area contributed by atoms with Crippen LogP contribution in [0.2, 0.25) is 0 Å². The molecule has 0 bridgehead atoms. The molecular formula is C18H21F2N5O3. The quantitative estimate of drug-likeness (QED) is 0.484. The maximum absolute atomic E-state index is 13.2. The number of amides is 2. The van der Waals surface area contributed by atoms with Gasteiger partial charge in [-0.15, -0.1) is 0 Å². The fraction of sp³-hybridized carbons (Fsp3) is 0.278. The number of hydrogen-bond acceptors (Lipinski definition) is 4. The van der Waals surface area contributed by atoms with E-state index >= 15 is 0 Å². The number of furan rings is 1. The van der Waals surface area contributed by atoms with Gasteiger partial charge in [0.05, 0.1) is 6.26 Å². The Labute approximate surface area is 160 Å². The summed E-state index contributed by atoms with van der Waals surface area (Å²) in [6.45, 7) is 0.962. The molecule has 2 amide bonds. The van der Waals surface area contributed by atoms with Crippen molar-refractivity contribution in [3.8, 4) is 11.1 Å². The van der Waals surface area contributed by atoms with Gasteiger partial charge in [-0.2, -0.15) is 4.99 Å². The Bertz CT molecular complexity index is 889. The van der Waals surface area contributed by atoms with Crippen molar-refractivity contribution in [1.29, 1.82) is 0 Å². The number of rotatable bonds is 7. The largest absolute Gasteiger partial charge is 0.463 e. The van der Waals surface area contributed by atoms with Gasteiger partial charge in [0, 0.05) is 29.8 Å². The summed E-state index contributed by atoms with van der Waals surface area (Å²) in [5.41, 5.74) is 10.8. The fourth-order valence-electron chi connectivity index (χ4n) is 2.44. The van der Waals surface area contributed by atoms with Crippen LogP contribution in [0.1, 0.15) is 32.9 Å². The smallest absolute Gasteiger partial charge is 0.296 e. The number of nitrogens with one attached hydrogen (secondary N) is 1. The SMILES string of the molecule is CN(C)CCNC(=O)c1cc(C(=O)N=C(N)N)cc(-c2ccoc2C(F)F)c1. The number of benzene rings is 1. The zero-order valence-electron chi connectivity index (χ0n) is 15.4. The van der Waals surface area contributed by atoms with Crippen LogP contribution in [-0.4, -0.2) is 49.9 Å². The van der Waals surface area contributed by atoms with Crippen molar-refractivity contribution >= 4 is 17.8 Å². The maximum atomic E-state index is 13.2. The standard InChI is InChI=1S/C18H21F2N5O3/c1-25(2)5-4-23-16(26)11-7-10(13-3-6-28-14(13)15(19)20)8-12(9-11)17(27)24-18(21)22/h3,6-9,15H,4-5H2,1-2H3,(H,23,26)(H4,21,22,24,27). The van der Waals surface area contributed by atoms with Crippen molar-refractivity contribution in [2.45, 2.75) is 6.43 Å². The van der Waals surface area contributed by atoms with Gasteiger partial charge in [-0.25, -0.2) is 8.78 Å². The van der Waals surface area contributed by atoms with E-state index in [2.05, 4.69) is 10.3 Å². The van der Waals surface area contributed by atoms with Crippen molar-refractivity contribution < 1.29 is 22.8 Å². The molecule has 1 heterocycles. The summed E-state index contributed by atoms with van der Waals surface area (Å²) >= 11 is 0. The van der Waals surface area contributed by atoms with Gasteiger partial charge in [-0.05, 0) is 43.9 Å². The minimum atomic E-state index is -2.86. The number of nitrogens with two attached hydrogens (primary N) is 2. The Morgan fingerprint density at radius 1 is 1.21 bits per heavy atom. The number of carbonyl (C=O) groups is 2. The number of halogens is 2. The molecule has 0 aliphatic carbocycles. The normalized spacial score (nSPS) is 10.9. The van der Waals surface area contributed by atoms with E-state index in [0.29, 0.717) is 13.1 Å². The Balaban J connectivity index is 2.47. The third-order valence-electron chi connectivity index (χ3n) is 3.72. The van der Waals surface area contributed by atoms with E-state index in [-0.39, 0.29) is 22.3 Å². The molecular weight excluding hydrogens is 372 g/mol. The molecule has 0 radical (unpaired) electrons. The lowest BCUT2D eigenvalue weighted by Crippen LogP contribution is -2.31. The van der Waals surface area contributed by atoms with Crippen LogP contribution in [0, 0.1) is 0 Å². The summed E-state index contributed by atoms with van der Waals surface area (Å²) in [5, 5.41) is 2.70. The number of nitrogens with zero attached hydrogens (tertiary/aromatic N) is 2. The molecule has 0 unspecified atom stereocenters. The number of guanidine groups is 1. The zero-order valence-corrected chi connectivity index (χ0v) is 15.4. The highest BCUT2D eigenvalue weighted by Gasteiger charge is 2.21. The summed E-state index contributed by atoms with van der Waals surface area (Å²) in [5.74, 6) is -2.29. The number of carbonyl (C=O) groups excluding carboxylic acids is 2. The van der Waals surface area contributed by atoms with Gasteiger partial charge in [0.25, 0.3) is 18.2 Å². The van der Waals surface area contributed by atoms with Gasteiger partial charge >= 0.3 is 0 Å². The predicted octanol–water partition coefficient (Wildman–Crippen LogP) is 1.59. The van der Waals surface area contributed by atoms with Crippen LogP contribution in [0.15, 0.2) is 39.9 Å². The highest BCUT2D eigenvalue weighted by atomic mass is 19.3. The molecule has 2 rings (SSSR count). The van der Waals surface area contributed by atoms with Gasteiger partial charge in [0.2, 0.25) is 0 Å². The van der Waals surface area contributed by atoms with Crippen LogP contribution >= 0.6 is 0 Å². The first-order chi connectivity index (χ1) is 13.2. The molecule has 0 fully saturated rings. The average Bonchev–Trinajstić information content (AvgIpc) is 3.10. The molecule has 8 nitrogen and oxygen atoms in total. The highest BCUT2D eigenvalue weighted by molar-refractivity contribution is 6.05. The van der Waals surface area contributed by atoms with E-state index in [1.165, 1.54) is 24.3 Å². The average molecular weight is 393 g/mol. The zero-order chi connectivity index (χ0) is 20.8. The van der Waals surface area contributed by atoms with Crippen LogP contribution in [0.5, 0.6) is 0 Å². The molecule has 0 aliphatic heterocycles. The first-order valence-electron chi connectivity index (χ1n) is 8.27. The lowest BCUT2D eigenvalue weighted by atomic mass is 9.99. The third kappa shape index (κ3) is 5.36. The van der Waals surface area contributed by atoms with Gasteiger partial charge in [0.15, 0.2) is 11.7 Å². The second kappa shape index (κ2) is 9.09. The molecule has 10 heteroatoms. The van der Waals surface area contributed by atoms with Gasteiger partial charge in [0.1, 0.15) is 0 Å². The molecule has 2 aromatic rings. The van der Waals surface area contributed by atoms with Crippen LogP contribution in [0.3, 0.4) is 0 Å². The number of likely N-dealkylation sites (N-methyl/N-ethyl adjacent to an activating group) is 1. The molecule has 0 saturated carbocycles. The lowest BCUT2D eigenvalue weighted by Gasteiger charge is -2.12. The lowest BCUT2D eigenvalue weighted by molar-refractivity contribution is 0.0951. The molecule has 0 atom stereocenters. The van der Waals surface area contributed by atoms with Crippen molar-refractivity contribution in [2.24, 2.45) is 16.5 Å². The molecule has 1 aromatic heterocycles. The Morgan fingerprint density at radius 3 is 2.50 bits per heavy atom. The van der Waals surface area contributed by atoms with Crippen LogP contribution in [0.4, 0.5) is 8.78 Å². The van der Waals surface area contributed by atoms with Crippen molar-refractivity contribution in [3.63, 3.8) is 0 Å². The summed E-state index contributed by atoms with van der Waals surface area (Å²) in [4.78, 5) is 30.0. The maximum Gasteiger partial charge on any atom is 0.296 e.